The van der Waals surface area contributed by atoms with Crippen molar-refractivity contribution in [3.63, 3.8) is 0 Å². The standard InChI is InChI=1S/C24H42O2/c1-3-4-5-19-6-8-20(9-7-19)10-14-24-17-13-22(18-26-24)21-11-15-23(25-2)16-12-21/h10,14,19-24H,3-9,11-13,15-18H2,1-2H3/b14-10+. The van der Waals surface area contributed by atoms with Gasteiger partial charge in [-0.2, -0.15) is 0 Å². The van der Waals surface area contributed by atoms with E-state index >= 15 is 0 Å². The molecule has 3 aliphatic rings. The molecule has 2 saturated carbocycles. The van der Waals surface area contributed by atoms with Gasteiger partial charge in [-0.3, -0.25) is 0 Å². The molecule has 0 aromatic rings. The summed E-state index contributed by atoms with van der Waals surface area (Å²) in [4.78, 5) is 0. The van der Waals surface area contributed by atoms with Gasteiger partial charge in [0.2, 0.25) is 0 Å². The van der Waals surface area contributed by atoms with Gasteiger partial charge in [0.15, 0.2) is 0 Å². The molecule has 1 aliphatic heterocycles. The molecule has 26 heavy (non-hydrogen) atoms. The highest BCUT2D eigenvalue weighted by Crippen LogP contribution is 2.37. The van der Waals surface area contributed by atoms with Crippen LogP contribution in [0.5, 0.6) is 0 Å². The quantitative estimate of drug-likeness (QED) is 0.479. The first-order valence-electron chi connectivity index (χ1n) is 11.6. The van der Waals surface area contributed by atoms with Crippen molar-refractivity contribution in [2.45, 2.75) is 103 Å². The lowest BCUT2D eigenvalue weighted by Crippen LogP contribution is -2.33. The smallest absolute Gasteiger partial charge is 0.0756 e. The fraction of sp³-hybridized carbons (Fsp3) is 0.917. The summed E-state index contributed by atoms with van der Waals surface area (Å²) in [6.07, 6.45) is 23.6. The number of methoxy groups -OCH3 is 1. The van der Waals surface area contributed by atoms with Gasteiger partial charge in [-0.15, -0.1) is 0 Å². The largest absolute Gasteiger partial charge is 0.381 e. The van der Waals surface area contributed by atoms with Gasteiger partial charge in [0, 0.05) is 7.11 Å². The van der Waals surface area contributed by atoms with Gasteiger partial charge in [-0.25, -0.2) is 0 Å². The Labute approximate surface area is 162 Å². The molecule has 2 nitrogen and oxygen atoms in total. The van der Waals surface area contributed by atoms with Crippen LogP contribution in [-0.4, -0.2) is 25.9 Å². The Bertz CT molecular complexity index is 394. The Morgan fingerprint density at radius 2 is 1.58 bits per heavy atom. The summed E-state index contributed by atoms with van der Waals surface area (Å²) in [7, 11) is 1.86. The molecule has 1 heterocycles. The van der Waals surface area contributed by atoms with Gasteiger partial charge < -0.3 is 9.47 Å². The van der Waals surface area contributed by atoms with Crippen LogP contribution in [0.25, 0.3) is 0 Å². The predicted molar refractivity (Wildman–Crippen MR) is 109 cm³/mol. The maximum Gasteiger partial charge on any atom is 0.0756 e. The predicted octanol–water partition coefficient (Wildman–Crippen LogP) is 6.54. The van der Waals surface area contributed by atoms with E-state index in [1.807, 2.05) is 7.11 Å². The molecule has 2 heteroatoms. The minimum atomic E-state index is 0.388. The zero-order chi connectivity index (χ0) is 18.2. The minimum absolute atomic E-state index is 0.388. The van der Waals surface area contributed by atoms with E-state index in [-0.39, 0.29) is 0 Å². The van der Waals surface area contributed by atoms with Crippen LogP contribution in [0.15, 0.2) is 12.2 Å². The lowest BCUT2D eigenvalue weighted by atomic mass is 9.76. The number of allylic oxidation sites excluding steroid dienone is 1. The molecule has 3 fully saturated rings. The highest BCUT2D eigenvalue weighted by Gasteiger charge is 2.31. The van der Waals surface area contributed by atoms with Gasteiger partial charge in [0.1, 0.15) is 0 Å². The van der Waals surface area contributed by atoms with E-state index in [9.17, 15) is 0 Å². The third kappa shape index (κ3) is 6.09. The van der Waals surface area contributed by atoms with Crippen LogP contribution in [-0.2, 0) is 9.47 Å². The second kappa shape index (κ2) is 10.9. The van der Waals surface area contributed by atoms with Crippen molar-refractivity contribution < 1.29 is 9.47 Å². The normalized spacial score (nSPS) is 39.3. The summed E-state index contributed by atoms with van der Waals surface area (Å²) in [5.41, 5.74) is 0. The molecule has 2 aliphatic carbocycles. The second-order valence-corrected chi connectivity index (χ2v) is 9.29. The average molecular weight is 363 g/mol. The highest BCUT2D eigenvalue weighted by atomic mass is 16.5. The monoisotopic (exact) mass is 362 g/mol. The van der Waals surface area contributed by atoms with Crippen LogP contribution in [0.3, 0.4) is 0 Å². The van der Waals surface area contributed by atoms with E-state index in [1.165, 1.54) is 83.5 Å². The first-order chi connectivity index (χ1) is 12.8. The lowest BCUT2D eigenvalue weighted by molar-refractivity contribution is -0.0267. The van der Waals surface area contributed by atoms with E-state index in [4.69, 9.17) is 9.47 Å². The Hall–Kier alpha value is -0.340. The third-order valence-corrected chi connectivity index (χ3v) is 7.52. The molecule has 0 aromatic carbocycles. The fourth-order valence-electron chi connectivity index (χ4n) is 5.55. The second-order valence-electron chi connectivity index (χ2n) is 9.29. The average Bonchev–Trinajstić information content (AvgIpc) is 2.72. The van der Waals surface area contributed by atoms with Crippen LogP contribution in [0.2, 0.25) is 0 Å². The molecule has 0 N–H and O–H groups in total. The highest BCUT2D eigenvalue weighted by molar-refractivity contribution is 4.97. The zero-order valence-electron chi connectivity index (χ0n) is 17.3. The number of hydrogen-bond donors (Lipinski definition) is 0. The van der Waals surface area contributed by atoms with Crippen LogP contribution in [0.4, 0.5) is 0 Å². The Morgan fingerprint density at radius 3 is 2.19 bits per heavy atom. The topological polar surface area (TPSA) is 18.5 Å². The summed E-state index contributed by atoms with van der Waals surface area (Å²) >= 11 is 0. The van der Waals surface area contributed by atoms with Crippen molar-refractivity contribution >= 4 is 0 Å². The lowest BCUT2D eigenvalue weighted by Gasteiger charge is -2.37. The molecule has 0 amide bonds. The molecule has 3 rings (SSSR count). The molecule has 2 atom stereocenters. The molecular weight excluding hydrogens is 320 g/mol. The zero-order valence-corrected chi connectivity index (χ0v) is 17.3. The molecule has 0 spiro atoms. The van der Waals surface area contributed by atoms with E-state index in [2.05, 4.69) is 19.1 Å². The molecule has 0 bridgehead atoms. The van der Waals surface area contributed by atoms with Crippen molar-refractivity contribution in [1.82, 2.24) is 0 Å². The van der Waals surface area contributed by atoms with Crippen LogP contribution in [0, 0.1) is 23.7 Å². The van der Waals surface area contributed by atoms with E-state index in [0.717, 1.165) is 30.3 Å². The van der Waals surface area contributed by atoms with E-state index in [0.29, 0.717) is 12.2 Å². The van der Waals surface area contributed by atoms with Gasteiger partial charge in [-0.05, 0) is 87.9 Å². The molecular formula is C24H42O2. The molecule has 0 aromatic heterocycles. The Kier molecular flexibility index (Phi) is 8.52. The number of ether oxygens (including phenoxy) is 2. The Morgan fingerprint density at radius 1 is 0.846 bits per heavy atom. The maximum atomic E-state index is 6.24. The van der Waals surface area contributed by atoms with Gasteiger partial charge in [0.25, 0.3) is 0 Å². The molecule has 1 saturated heterocycles. The number of rotatable bonds is 7. The minimum Gasteiger partial charge on any atom is -0.381 e. The third-order valence-electron chi connectivity index (χ3n) is 7.52. The Balaban J connectivity index is 1.32. The van der Waals surface area contributed by atoms with E-state index < -0.39 is 0 Å². The van der Waals surface area contributed by atoms with Crippen LogP contribution < -0.4 is 0 Å². The summed E-state index contributed by atoms with van der Waals surface area (Å²) in [5, 5.41) is 0. The SMILES string of the molecule is CCCCC1CCC(/C=C/C2CCC(C3CCC(OC)CC3)CO2)CC1. The van der Waals surface area contributed by atoms with Crippen molar-refractivity contribution in [2.75, 3.05) is 13.7 Å². The molecule has 150 valence electrons. The van der Waals surface area contributed by atoms with E-state index in [1.54, 1.807) is 0 Å². The summed E-state index contributed by atoms with van der Waals surface area (Å²) in [6, 6.07) is 0. The van der Waals surface area contributed by atoms with Gasteiger partial charge in [0.05, 0.1) is 18.8 Å². The maximum absolute atomic E-state index is 6.24. The first kappa shape index (κ1) is 20.4. The van der Waals surface area contributed by atoms with Crippen LogP contribution >= 0.6 is 0 Å². The summed E-state index contributed by atoms with van der Waals surface area (Å²) < 4.78 is 11.8. The number of hydrogen-bond acceptors (Lipinski definition) is 2. The van der Waals surface area contributed by atoms with Gasteiger partial charge >= 0.3 is 0 Å². The summed E-state index contributed by atoms with van der Waals surface area (Å²) in [6.45, 7) is 3.30. The van der Waals surface area contributed by atoms with Gasteiger partial charge in [-0.1, -0.05) is 38.3 Å². The molecule has 0 radical (unpaired) electrons. The van der Waals surface area contributed by atoms with Crippen molar-refractivity contribution in [3.05, 3.63) is 12.2 Å². The number of unbranched alkanes of at least 4 members (excludes halogenated alkanes) is 1. The molecule has 2 unspecified atom stereocenters. The first-order valence-corrected chi connectivity index (χ1v) is 11.6. The summed E-state index contributed by atoms with van der Waals surface area (Å²) in [5.74, 6) is 3.51. The van der Waals surface area contributed by atoms with Crippen molar-refractivity contribution in [1.29, 1.82) is 0 Å². The fourth-order valence-corrected chi connectivity index (χ4v) is 5.55. The van der Waals surface area contributed by atoms with Crippen molar-refractivity contribution in [2.24, 2.45) is 23.7 Å². The van der Waals surface area contributed by atoms with Crippen molar-refractivity contribution in [3.8, 4) is 0 Å². The van der Waals surface area contributed by atoms with Crippen LogP contribution in [0.1, 0.15) is 90.4 Å².